The molecule has 0 unspecified atom stereocenters. The lowest BCUT2D eigenvalue weighted by Crippen LogP contribution is -2.62. The van der Waals surface area contributed by atoms with Gasteiger partial charge in [-0.05, 0) is 56.0 Å². The van der Waals surface area contributed by atoms with Crippen molar-refractivity contribution in [2.75, 3.05) is 13.2 Å². The number of benzene rings is 2. The summed E-state index contributed by atoms with van der Waals surface area (Å²) < 4.78 is 12.7. The molecule has 0 aliphatic carbocycles. The zero-order valence-electron chi connectivity index (χ0n) is 43.6. The molecule has 8 amide bonds. The average Bonchev–Trinajstić information content (AvgIpc) is 3.34. The van der Waals surface area contributed by atoms with Crippen LogP contribution in [0.4, 0.5) is 9.59 Å². The van der Waals surface area contributed by atoms with E-state index in [9.17, 15) is 28.8 Å². The van der Waals surface area contributed by atoms with Crippen molar-refractivity contribution in [2.45, 2.75) is 245 Å². The highest BCUT2D eigenvalue weighted by Gasteiger charge is 2.50. The van der Waals surface area contributed by atoms with Gasteiger partial charge < -0.3 is 9.47 Å². The number of fused-ring (bicyclic) bond motifs is 1. The maximum absolute atomic E-state index is 13.0. The van der Waals surface area contributed by atoms with E-state index in [1.165, 1.54) is 64.2 Å². The number of ether oxygens (including phenoxy) is 2. The Kier molecular flexibility index (Phi) is 28.2. The molecule has 0 saturated carbocycles. The van der Waals surface area contributed by atoms with E-state index in [1.54, 1.807) is 0 Å². The van der Waals surface area contributed by atoms with Gasteiger partial charge >= 0.3 is 12.1 Å². The van der Waals surface area contributed by atoms with Crippen LogP contribution in [0.3, 0.4) is 0 Å². The van der Waals surface area contributed by atoms with E-state index in [2.05, 4.69) is 47.2 Å². The molecule has 2 aliphatic rings. The van der Waals surface area contributed by atoms with Gasteiger partial charge in [-0.3, -0.25) is 40.4 Å². The number of imide groups is 4. The van der Waals surface area contributed by atoms with Gasteiger partial charge in [0.05, 0.1) is 18.6 Å². The van der Waals surface area contributed by atoms with E-state index < -0.39 is 46.5 Å². The number of rotatable bonds is 42. The van der Waals surface area contributed by atoms with Crippen molar-refractivity contribution in [3.8, 4) is 11.5 Å². The van der Waals surface area contributed by atoms with E-state index in [4.69, 9.17) is 9.47 Å². The lowest BCUT2D eigenvalue weighted by molar-refractivity contribution is -0.147. The summed E-state index contributed by atoms with van der Waals surface area (Å²) in [7, 11) is 0. The molecule has 0 spiro atoms. The lowest BCUT2D eigenvalue weighted by atomic mass is 9.75. The predicted molar refractivity (Wildman–Crippen MR) is 281 cm³/mol. The number of carbonyl (C=O) groups excluding carboxylic acids is 6. The zero-order chi connectivity index (χ0) is 50.1. The minimum Gasteiger partial charge on any atom is -0.493 e. The van der Waals surface area contributed by atoms with Crippen molar-refractivity contribution < 1.29 is 38.2 Å². The van der Waals surface area contributed by atoms with E-state index in [1.807, 2.05) is 24.3 Å². The summed E-state index contributed by atoms with van der Waals surface area (Å²) in [6.45, 7) is 5.72. The fraction of sp³-hybridized carbons (Fsp3) is 0.724. The van der Waals surface area contributed by atoms with Gasteiger partial charge in [-0.25, -0.2) is 9.59 Å². The maximum atomic E-state index is 13.0. The Morgan fingerprint density at radius 2 is 0.600 bits per heavy atom. The molecule has 2 heterocycles. The zero-order valence-corrected chi connectivity index (χ0v) is 43.6. The summed E-state index contributed by atoms with van der Waals surface area (Å²) in [6.07, 6.45) is 36.7. The van der Waals surface area contributed by atoms with Crippen LogP contribution in [0.25, 0.3) is 10.8 Å². The number of nitrogens with one attached hydrogen (secondary N) is 4. The number of barbiturate groups is 2. The molecular formula is C58H92N4O8. The second-order valence-electron chi connectivity index (χ2n) is 20.6. The Balaban J connectivity index is 1.05. The normalized spacial score (nSPS) is 15.5. The highest BCUT2D eigenvalue weighted by atomic mass is 16.5. The van der Waals surface area contributed by atoms with Gasteiger partial charge in [0.25, 0.3) is 0 Å². The van der Waals surface area contributed by atoms with Crippen molar-refractivity contribution in [2.24, 2.45) is 10.8 Å². The highest BCUT2D eigenvalue weighted by Crippen LogP contribution is 2.37. The van der Waals surface area contributed by atoms with Crippen LogP contribution >= 0.6 is 0 Å². The number of amides is 8. The lowest BCUT2D eigenvalue weighted by Gasteiger charge is -2.34. The number of urea groups is 2. The standard InChI is InChI=1S/C58H92N4O8/c1-3-5-7-9-11-17-23-29-41-57(51(63)59-55(67)60-52(57)64)43-31-25-19-13-15-21-27-33-45-69-48-39-35-37-47-38-36-40-49(50(47)48)70-46-34-28-22-16-14-20-26-32-44-58(53(65)61-56(68)62-54(58)66)42-30-24-18-12-10-8-6-4-2/h35-40H,3-34,41-46H2,1-2H3,(H2,59,60,63,64,67)(H2,61,62,65,66,68). The first-order valence-electron chi connectivity index (χ1n) is 28.3. The molecule has 12 heteroatoms. The fourth-order valence-corrected chi connectivity index (χ4v) is 10.5. The van der Waals surface area contributed by atoms with Gasteiger partial charge in [-0.15, -0.1) is 0 Å². The topological polar surface area (TPSA) is 169 Å². The third-order valence-electron chi connectivity index (χ3n) is 14.9. The van der Waals surface area contributed by atoms with Crippen LogP contribution in [0.1, 0.15) is 245 Å². The number of hydrogen-bond acceptors (Lipinski definition) is 8. The fourth-order valence-electron chi connectivity index (χ4n) is 10.5. The highest BCUT2D eigenvalue weighted by molar-refractivity contribution is 6.19. The van der Waals surface area contributed by atoms with Crippen LogP contribution < -0.4 is 30.7 Å². The summed E-state index contributed by atoms with van der Waals surface area (Å²) in [4.78, 5) is 75.7. The predicted octanol–water partition coefficient (Wildman–Crippen LogP) is 14.4. The maximum Gasteiger partial charge on any atom is 0.328 e. The first-order valence-corrected chi connectivity index (χ1v) is 28.3. The molecule has 0 radical (unpaired) electrons. The van der Waals surface area contributed by atoms with E-state index in [0.717, 1.165) is 164 Å². The van der Waals surface area contributed by atoms with E-state index in [-0.39, 0.29) is 0 Å². The second-order valence-corrected chi connectivity index (χ2v) is 20.6. The molecule has 4 rings (SSSR count). The van der Waals surface area contributed by atoms with Gasteiger partial charge in [0.2, 0.25) is 23.6 Å². The van der Waals surface area contributed by atoms with Gasteiger partial charge in [0.1, 0.15) is 22.3 Å². The van der Waals surface area contributed by atoms with Crippen LogP contribution in [-0.2, 0) is 19.2 Å². The van der Waals surface area contributed by atoms with Crippen molar-refractivity contribution >= 4 is 46.5 Å². The Morgan fingerprint density at radius 3 is 0.886 bits per heavy atom. The van der Waals surface area contributed by atoms with Crippen molar-refractivity contribution in [3.63, 3.8) is 0 Å². The quantitative estimate of drug-likeness (QED) is 0.0376. The molecule has 392 valence electrons. The molecule has 2 saturated heterocycles. The first-order chi connectivity index (χ1) is 34.2. The van der Waals surface area contributed by atoms with E-state index >= 15 is 0 Å². The van der Waals surface area contributed by atoms with Crippen LogP contribution in [-0.4, -0.2) is 48.9 Å². The third-order valence-corrected chi connectivity index (χ3v) is 14.9. The Labute approximate surface area is 421 Å². The summed E-state index contributed by atoms with van der Waals surface area (Å²) in [5, 5.41) is 11.6. The Bertz CT molecular complexity index is 1710. The number of hydrogen-bond donors (Lipinski definition) is 4. The van der Waals surface area contributed by atoms with Crippen molar-refractivity contribution in [1.29, 1.82) is 0 Å². The molecule has 0 aromatic heterocycles. The summed E-state index contributed by atoms with van der Waals surface area (Å²) in [5.41, 5.74) is -2.27. The molecular weight excluding hydrogens is 881 g/mol. The number of carbonyl (C=O) groups is 6. The summed E-state index contributed by atoms with van der Waals surface area (Å²) >= 11 is 0. The molecule has 12 nitrogen and oxygen atoms in total. The molecule has 70 heavy (non-hydrogen) atoms. The van der Waals surface area contributed by atoms with Crippen LogP contribution in [0.5, 0.6) is 11.5 Å². The molecule has 2 aromatic carbocycles. The largest absolute Gasteiger partial charge is 0.493 e. The smallest absolute Gasteiger partial charge is 0.328 e. The Hall–Kier alpha value is -4.48. The van der Waals surface area contributed by atoms with Crippen molar-refractivity contribution in [1.82, 2.24) is 21.3 Å². The molecule has 0 bridgehead atoms. The first kappa shape index (κ1) is 58.1. The van der Waals surface area contributed by atoms with Gasteiger partial charge in [-0.2, -0.15) is 0 Å². The van der Waals surface area contributed by atoms with Crippen LogP contribution in [0.15, 0.2) is 36.4 Å². The molecule has 0 atom stereocenters. The van der Waals surface area contributed by atoms with Gasteiger partial charge in [0, 0.05) is 0 Å². The summed E-state index contributed by atoms with van der Waals surface area (Å²) in [6, 6.07) is 10.9. The van der Waals surface area contributed by atoms with Crippen LogP contribution in [0, 0.1) is 10.8 Å². The van der Waals surface area contributed by atoms with Crippen molar-refractivity contribution in [3.05, 3.63) is 36.4 Å². The molecule has 2 aliphatic heterocycles. The summed E-state index contributed by atoms with van der Waals surface area (Å²) in [5.74, 6) is 0.00841. The molecule has 2 fully saturated rings. The van der Waals surface area contributed by atoms with Gasteiger partial charge in [-0.1, -0.05) is 231 Å². The second kappa shape index (κ2) is 34.0. The number of unbranched alkanes of at least 4 members (excludes halogenated alkanes) is 28. The minimum absolute atomic E-state index is 0.426. The Morgan fingerprint density at radius 1 is 0.343 bits per heavy atom. The monoisotopic (exact) mass is 973 g/mol. The van der Waals surface area contributed by atoms with E-state index in [0.29, 0.717) is 38.9 Å². The minimum atomic E-state index is -1.14. The molecule has 2 aromatic rings. The SMILES string of the molecule is CCCCCCCCCCC1(CCCCCCCCCCOc2cccc3cccc(OCCCCCCCCCCC4(CCCCCCCCCC)C(=O)NC(=O)NC4=O)c23)C(=O)NC(=O)NC1=O. The third kappa shape index (κ3) is 20.0. The van der Waals surface area contributed by atoms with Crippen LogP contribution in [0.2, 0.25) is 0 Å². The average molecular weight is 973 g/mol. The molecule has 4 N–H and O–H groups in total. The van der Waals surface area contributed by atoms with Gasteiger partial charge in [0.15, 0.2) is 0 Å².